The summed E-state index contributed by atoms with van der Waals surface area (Å²) in [5.41, 5.74) is 7.67. The summed E-state index contributed by atoms with van der Waals surface area (Å²) in [5.74, 6) is -0.513. The molecule has 2 aromatic rings. The maximum atomic E-state index is 12.5. The number of halogens is 1. The van der Waals surface area contributed by atoms with Crippen molar-refractivity contribution >= 4 is 45.6 Å². The number of thiophene rings is 1. The average Bonchev–Trinajstić information content (AvgIpc) is 3.11. The highest BCUT2D eigenvalue weighted by atomic mass is 35.5. The molecule has 0 spiro atoms. The number of amides is 3. The summed E-state index contributed by atoms with van der Waals surface area (Å²) in [6.07, 6.45) is 0.744. The Morgan fingerprint density at radius 2 is 1.77 bits per heavy atom. The van der Waals surface area contributed by atoms with E-state index < -0.39 is 11.9 Å². The third-order valence-corrected chi connectivity index (χ3v) is 6.93. The number of nitrogens with zero attached hydrogens (tertiary/aromatic N) is 2. The molecule has 10 heteroatoms. The quantitative estimate of drug-likeness (QED) is 0.611. The number of benzene rings is 1. The van der Waals surface area contributed by atoms with Crippen molar-refractivity contribution in [1.82, 2.24) is 9.80 Å². The smallest absolute Gasteiger partial charge is 0.324 e. The second-order valence-corrected chi connectivity index (χ2v) is 9.18. The van der Waals surface area contributed by atoms with Gasteiger partial charge in [-0.25, -0.2) is 4.79 Å². The lowest BCUT2D eigenvalue weighted by molar-refractivity contribution is 0.0327. The fourth-order valence-corrected chi connectivity index (χ4v) is 5.32. The standard InChI is InChI=1S/C21H26ClN5O3S/c22-14-1-3-15(4-2-14)24-21(29)25-20-18(19(23)28)16-5-6-27(13-17(16)31-20)8-7-26-9-11-30-12-10-26/h1-4H,5-13H2,(H2,23,28)(H2,24,25,29). The van der Waals surface area contributed by atoms with Crippen LogP contribution in [0.2, 0.25) is 5.02 Å². The fourth-order valence-electron chi connectivity index (χ4n) is 3.90. The van der Waals surface area contributed by atoms with E-state index >= 15 is 0 Å². The monoisotopic (exact) mass is 463 g/mol. The molecule has 0 atom stereocenters. The molecule has 3 heterocycles. The Hall–Kier alpha value is -2.17. The molecule has 1 fully saturated rings. The van der Waals surface area contributed by atoms with Crippen molar-refractivity contribution in [2.75, 3.05) is 56.6 Å². The predicted molar refractivity (Wildman–Crippen MR) is 123 cm³/mol. The van der Waals surface area contributed by atoms with Crippen LogP contribution in [0.4, 0.5) is 15.5 Å². The maximum absolute atomic E-state index is 12.5. The second kappa shape index (κ2) is 9.97. The summed E-state index contributed by atoms with van der Waals surface area (Å²) in [6, 6.07) is 6.39. The Labute approximate surface area is 190 Å². The number of urea groups is 1. The molecule has 0 radical (unpaired) electrons. The van der Waals surface area contributed by atoms with E-state index in [1.807, 2.05) is 0 Å². The molecule has 1 aromatic carbocycles. The van der Waals surface area contributed by atoms with E-state index in [1.54, 1.807) is 24.3 Å². The van der Waals surface area contributed by atoms with Gasteiger partial charge in [-0.15, -0.1) is 11.3 Å². The molecule has 0 aliphatic carbocycles. The zero-order valence-corrected chi connectivity index (χ0v) is 18.7. The number of nitrogens with two attached hydrogens (primary N) is 1. The first-order chi connectivity index (χ1) is 15.0. The van der Waals surface area contributed by atoms with E-state index in [1.165, 1.54) is 11.3 Å². The van der Waals surface area contributed by atoms with E-state index in [0.29, 0.717) is 21.3 Å². The van der Waals surface area contributed by atoms with Gasteiger partial charge in [-0.1, -0.05) is 11.6 Å². The average molecular weight is 464 g/mol. The number of rotatable bonds is 6. The summed E-state index contributed by atoms with van der Waals surface area (Å²) < 4.78 is 5.41. The van der Waals surface area contributed by atoms with Crippen molar-refractivity contribution in [2.45, 2.75) is 13.0 Å². The number of nitrogens with one attached hydrogen (secondary N) is 2. The molecule has 166 valence electrons. The number of carbonyl (C=O) groups excluding carboxylic acids is 2. The Morgan fingerprint density at radius 1 is 1.06 bits per heavy atom. The third kappa shape index (κ3) is 5.55. The van der Waals surface area contributed by atoms with Gasteiger partial charge in [0, 0.05) is 54.9 Å². The van der Waals surface area contributed by atoms with Gasteiger partial charge in [0.25, 0.3) is 5.91 Å². The van der Waals surface area contributed by atoms with Crippen molar-refractivity contribution in [1.29, 1.82) is 0 Å². The highest BCUT2D eigenvalue weighted by molar-refractivity contribution is 7.17. The van der Waals surface area contributed by atoms with Crippen LogP contribution < -0.4 is 16.4 Å². The first-order valence-corrected chi connectivity index (χ1v) is 11.5. The van der Waals surface area contributed by atoms with Crippen LogP contribution in [-0.2, 0) is 17.7 Å². The minimum Gasteiger partial charge on any atom is -0.379 e. The number of carbonyl (C=O) groups is 2. The van der Waals surface area contributed by atoms with Gasteiger partial charge in [0.2, 0.25) is 0 Å². The summed E-state index contributed by atoms with van der Waals surface area (Å²) in [7, 11) is 0. The Morgan fingerprint density at radius 3 is 2.48 bits per heavy atom. The predicted octanol–water partition coefficient (Wildman–Crippen LogP) is 2.83. The lowest BCUT2D eigenvalue weighted by atomic mass is 10.0. The van der Waals surface area contributed by atoms with Crippen LogP contribution in [-0.4, -0.2) is 67.7 Å². The molecule has 2 aliphatic heterocycles. The number of fused-ring (bicyclic) bond motifs is 1. The van der Waals surface area contributed by atoms with Crippen molar-refractivity contribution in [3.05, 3.63) is 45.3 Å². The topological polar surface area (TPSA) is 99.9 Å². The van der Waals surface area contributed by atoms with E-state index in [9.17, 15) is 9.59 Å². The first kappa shape index (κ1) is 22.0. The number of anilines is 2. The largest absolute Gasteiger partial charge is 0.379 e. The Kier molecular flexibility index (Phi) is 7.09. The third-order valence-electron chi connectivity index (χ3n) is 5.55. The maximum Gasteiger partial charge on any atom is 0.324 e. The van der Waals surface area contributed by atoms with Crippen molar-refractivity contribution in [3.63, 3.8) is 0 Å². The lowest BCUT2D eigenvalue weighted by Gasteiger charge is -2.31. The molecule has 2 aliphatic rings. The van der Waals surface area contributed by atoms with Gasteiger partial charge in [0.1, 0.15) is 5.00 Å². The summed E-state index contributed by atoms with van der Waals surface area (Å²) in [5, 5.41) is 6.64. The van der Waals surface area contributed by atoms with Gasteiger partial charge in [0.05, 0.1) is 18.8 Å². The number of morpholine rings is 1. The highest BCUT2D eigenvalue weighted by Gasteiger charge is 2.28. The van der Waals surface area contributed by atoms with Crippen LogP contribution in [0.3, 0.4) is 0 Å². The van der Waals surface area contributed by atoms with E-state index in [4.69, 9.17) is 22.1 Å². The van der Waals surface area contributed by atoms with E-state index in [0.717, 1.165) is 69.3 Å². The number of hydrogen-bond donors (Lipinski definition) is 3. The minimum atomic E-state index is -0.513. The van der Waals surface area contributed by atoms with E-state index in [-0.39, 0.29) is 0 Å². The van der Waals surface area contributed by atoms with Crippen LogP contribution in [0, 0.1) is 0 Å². The van der Waals surface area contributed by atoms with Gasteiger partial charge < -0.3 is 15.8 Å². The van der Waals surface area contributed by atoms with Crippen LogP contribution >= 0.6 is 22.9 Å². The highest BCUT2D eigenvalue weighted by Crippen LogP contribution is 2.37. The van der Waals surface area contributed by atoms with Gasteiger partial charge in [-0.05, 0) is 36.2 Å². The Balaban J connectivity index is 1.41. The van der Waals surface area contributed by atoms with Crippen LogP contribution in [0.1, 0.15) is 20.8 Å². The van der Waals surface area contributed by atoms with Crippen molar-refractivity contribution in [3.8, 4) is 0 Å². The molecule has 4 rings (SSSR count). The van der Waals surface area contributed by atoms with Gasteiger partial charge in [-0.3, -0.25) is 19.9 Å². The lowest BCUT2D eigenvalue weighted by Crippen LogP contribution is -2.42. The molecule has 0 saturated carbocycles. The number of hydrogen-bond acceptors (Lipinski definition) is 6. The molecular formula is C21H26ClN5O3S. The van der Waals surface area contributed by atoms with E-state index in [2.05, 4.69) is 20.4 Å². The zero-order chi connectivity index (χ0) is 21.8. The summed E-state index contributed by atoms with van der Waals surface area (Å²) >= 11 is 7.31. The molecule has 31 heavy (non-hydrogen) atoms. The van der Waals surface area contributed by atoms with Crippen LogP contribution in [0.15, 0.2) is 24.3 Å². The normalized spacial score (nSPS) is 17.2. The number of ether oxygens (including phenoxy) is 1. The molecule has 0 bridgehead atoms. The molecule has 1 saturated heterocycles. The Bertz CT molecular complexity index is 943. The second-order valence-electron chi connectivity index (χ2n) is 7.64. The van der Waals surface area contributed by atoms with Gasteiger partial charge in [-0.2, -0.15) is 0 Å². The number of primary amides is 1. The molecule has 0 unspecified atom stereocenters. The fraction of sp³-hybridized carbons (Fsp3) is 0.429. The zero-order valence-electron chi connectivity index (χ0n) is 17.2. The molecule has 4 N–H and O–H groups in total. The first-order valence-electron chi connectivity index (χ1n) is 10.3. The van der Waals surface area contributed by atoms with Crippen LogP contribution in [0.5, 0.6) is 0 Å². The van der Waals surface area contributed by atoms with Gasteiger partial charge >= 0.3 is 6.03 Å². The summed E-state index contributed by atoms with van der Waals surface area (Å²) in [6.45, 7) is 7.12. The minimum absolute atomic E-state index is 0.424. The van der Waals surface area contributed by atoms with Crippen molar-refractivity contribution < 1.29 is 14.3 Å². The molecule has 1 aromatic heterocycles. The molecule has 8 nitrogen and oxygen atoms in total. The van der Waals surface area contributed by atoms with Crippen molar-refractivity contribution in [2.24, 2.45) is 5.73 Å². The SMILES string of the molecule is NC(=O)c1c(NC(=O)Nc2ccc(Cl)cc2)sc2c1CCN(CCN1CCOCC1)C2. The van der Waals surface area contributed by atoms with Gasteiger partial charge in [0.15, 0.2) is 0 Å². The van der Waals surface area contributed by atoms with Crippen LogP contribution in [0.25, 0.3) is 0 Å². The summed E-state index contributed by atoms with van der Waals surface area (Å²) in [4.78, 5) is 30.5. The molecule has 3 amide bonds. The molecular weight excluding hydrogens is 438 g/mol.